The summed E-state index contributed by atoms with van der Waals surface area (Å²) in [4.78, 5) is 24.4. The molecular formula is C25H30N4O7. The Labute approximate surface area is 209 Å². The molecule has 36 heavy (non-hydrogen) atoms. The van der Waals surface area contributed by atoms with Gasteiger partial charge in [0, 0.05) is 5.70 Å². The van der Waals surface area contributed by atoms with Crippen molar-refractivity contribution >= 4 is 18.2 Å². The van der Waals surface area contributed by atoms with Crippen molar-refractivity contribution in [2.24, 2.45) is 5.10 Å². The molecule has 0 fully saturated rings. The Bertz CT molecular complexity index is 1130. The summed E-state index contributed by atoms with van der Waals surface area (Å²) in [5.41, 5.74) is 4.70. The van der Waals surface area contributed by atoms with Crippen LogP contribution in [0.25, 0.3) is 0 Å². The Hall–Kier alpha value is -4.25. The van der Waals surface area contributed by atoms with E-state index in [1.807, 2.05) is 19.1 Å². The average Bonchev–Trinajstić information content (AvgIpc) is 2.87. The number of aliphatic hydroxyl groups excluding tert-OH is 1. The van der Waals surface area contributed by atoms with Crippen LogP contribution in [0.4, 0.5) is 4.79 Å². The number of rotatable bonds is 11. The molecule has 0 saturated carbocycles. The van der Waals surface area contributed by atoms with E-state index in [1.54, 1.807) is 50.6 Å². The van der Waals surface area contributed by atoms with Gasteiger partial charge >= 0.3 is 12.0 Å². The van der Waals surface area contributed by atoms with Gasteiger partial charge in [0.05, 0.1) is 38.7 Å². The van der Waals surface area contributed by atoms with Crippen LogP contribution >= 0.6 is 0 Å². The van der Waals surface area contributed by atoms with E-state index in [9.17, 15) is 14.7 Å². The maximum atomic E-state index is 12.3. The number of hydrazone groups is 1. The van der Waals surface area contributed by atoms with Crippen LogP contribution in [-0.2, 0) is 9.53 Å². The summed E-state index contributed by atoms with van der Waals surface area (Å²) in [6.07, 6.45) is 0.471. The third-order valence-electron chi connectivity index (χ3n) is 5.23. The van der Waals surface area contributed by atoms with E-state index in [2.05, 4.69) is 21.2 Å². The Morgan fingerprint density at radius 1 is 1.17 bits per heavy atom. The van der Waals surface area contributed by atoms with Gasteiger partial charge in [-0.2, -0.15) is 5.10 Å². The molecule has 2 amide bonds. The lowest BCUT2D eigenvalue weighted by Gasteiger charge is -2.28. The quantitative estimate of drug-likeness (QED) is 0.160. The minimum Gasteiger partial charge on any atom is -0.497 e. The summed E-state index contributed by atoms with van der Waals surface area (Å²) >= 11 is 0. The number of allylic oxidation sites excluding steroid dienone is 1. The van der Waals surface area contributed by atoms with Gasteiger partial charge in [-0.15, -0.1) is 0 Å². The zero-order chi connectivity index (χ0) is 26.1. The van der Waals surface area contributed by atoms with Crippen LogP contribution in [0.1, 0.15) is 31.0 Å². The maximum absolute atomic E-state index is 12.3. The van der Waals surface area contributed by atoms with Crippen LogP contribution in [0.5, 0.6) is 17.2 Å². The number of urea groups is 1. The number of nitrogens with one attached hydrogen (secondary N) is 3. The van der Waals surface area contributed by atoms with Crippen LogP contribution in [0.3, 0.4) is 0 Å². The molecule has 0 aliphatic carbocycles. The van der Waals surface area contributed by atoms with E-state index in [-0.39, 0.29) is 12.2 Å². The lowest BCUT2D eigenvalue weighted by atomic mass is 9.95. The molecule has 0 saturated heterocycles. The third kappa shape index (κ3) is 6.66. The second kappa shape index (κ2) is 12.5. The predicted octanol–water partition coefficient (Wildman–Crippen LogP) is 2.22. The molecule has 2 atom stereocenters. The fourth-order valence-corrected chi connectivity index (χ4v) is 3.51. The average molecular weight is 499 g/mol. The number of hydrogen-bond acceptors (Lipinski definition) is 9. The lowest BCUT2D eigenvalue weighted by Crippen LogP contribution is -2.45. The summed E-state index contributed by atoms with van der Waals surface area (Å²) in [7, 11) is 2.87. The lowest BCUT2D eigenvalue weighted by molar-refractivity contribution is -0.136. The number of ether oxygens (including phenoxy) is 4. The molecule has 11 nitrogen and oxygen atoms in total. The first-order valence-electron chi connectivity index (χ1n) is 11.2. The van der Waals surface area contributed by atoms with Gasteiger partial charge in [0.15, 0.2) is 17.7 Å². The van der Waals surface area contributed by atoms with Crippen LogP contribution in [-0.4, -0.2) is 57.0 Å². The Morgan fingerprint density at radius 2 is 1.92 bits per heavy atom. The SMILES string of the molecule is CCOc1cc([C@@H]2NC(=O)NC(C)=C2C(=O)OC)ccc1OC[C@H](O)N/N=C\c1ccc(OC)cc1. The van der Waals surface area contributed by atoms with Gasteiger partial charge in [0.2, 0.25) is 0 Å². The number of benzene rings is 2. The van der Waals surface area contributed by atoms with Crippen molar-refractivity contribution in [1.29, 1.82) is 0 Å². The number of methoxy groups -OCH3 is 2. The molecule has 0 radical (unpaired) electrons. The van der Waals surface area contributed by atoms with Gasteiger partial charge in [-0.1, -0.05) is 6.07 Å². The number of carbonyl (C=O) groups excluding carboxylic acids is 2. The van der Waals surface area contributed by atoms with Gasteiger partial charge in [0.1, 0.15) is 12.4 Å². The summed E-state index contributed by atoms with van der Waals surface area (Å²) < 4.78 is 21.4. The minimum absolute atomic E-state index is 0.115. The molecule has 192 valence electrons. The number of hydrogen-bond donors (Lipinski definition) is 4. The van der Waals surface area contributed by atoms with Crippen LogP contribution < -0.4 is 30.3 Å². The number of amides is 2. The molecule has 4 N–H and O–H groups in total. The number of aliphatic hydroxyl groups is 1. The normalized spacial score (nSPS) is 16.1. The van der Waals surface area contributed by atoms with Crippen molar-refractivity contribution in [1.82, 2.24) is 16.1 Å². The van der Waals surface area contributed by atoms with Crippen molar-refractivity contribution in [3.63, 3.8) is 0 Å². The maximum Gasteiger partial charge on any atom is 0.337 e. The molecule has 0 spiro atoms. The highest BCUT2D eigenvalue weighted by Crippen LogP contribution is 2.34. The number of nitrogens with zero attached hydrogens (tertiary/aromatic N) is 1. The summed E-state index contributed by atoms with van der Waals surface area (Å²) in [6.45, 7) is 3.68. The minimum atomic E-state index is -1.09. The molecule has 1 aliphatic rings. The zero-order valence-electron chi connectivity index (χ0n) is 20.5. The molecule has 1 aliphatic heterocycles. The van der Waals surface area contributed by atoms with E-state index >= 15 is 0 Å². The molecule has 2 aromatic carbocycles. The Morgan fingerprint density at radius 3 is 2.58 bits per heavy atom. The molecule has 11 heteroatoms. The van der Waals surface area contributed by atoms with Gasteiger partial charge < -0.3 is 34.7 Å². The van der Waals surface area contributed by atoms with Gasteiger partial charge in [-0.25, -0.2) is 9.59 Å². The second-order valence-electron chi connectivity index (χ2n) is 7.69. The molecule has 3 rings (SSSR count). The monoisotopic (exact) mass is 498 g/mol. The van der Waals surface area contributed by atoms with Crippen molar-refractivity contribution in [3.05, 3.63) is 64.9 Å². The Kier molecular flexibility index (Phi) is 9.12. The van der Waals surface area contributed by atoms with Gasteiger partial charge in [-0.05, 0) is 61.4 Å². The fraction of sp³-hybridized carbons (Fsp3) is 0.320. The van der Waals surface area contributed by atoms with Crippen molar-refractivity contribution in [2.75, 3.05) is 27.4 Å². The highest BCUT2D eigenvalue weighted by atomic mass is 16.5. The van der Waals surface area contributed by atoms with Crippen LogP contribution in [0, 0.1) is 0 Å². The van der Waals surface area contributed by atoms with Gasteiger partial charge in [0.25, 0.3) is 0 Å². The Balaban J connectivity index is 1.69. The molecule has 1 heterocycles. The number of esters is 1. The topological polar surface area (TPSA) is 140 Å². The summed E-state index contributed by atoms with van der Waals surface area (Å²) in [5.74, 6) is 0.937. The summed E-state index contributed by atoms with van der Waals surface area (Å²) in [6, 6.07) is 11.1. The second-order valence-corrected chi connectivity index (χ2v) is 7.69. The number of carbonyl (C=O) groups is 2. The molecule has 0 aromatic heterocycles. The molecule has 0 bridgehead atoms. The summed E-state index contributed by atoms with van der Waals surface area (Å²) in [5, 5.41) is 19.5. The first-order valence-corrected chi connectivity index (χ1v) is 11.2. The van der Waals surface area contributed by atoms with E-state index in [0.29, 0.717) is 29.4 Å². The molecular weight excluding hydrogens is 468 g/mol. The van der Waals surface area contributed by atoms with E-state index in [1.165, 1.54) is 7.11 Å². The van der Waals surface area contributed by atoms with Crippen molar-refractivity contribution in [2.45, 2.75) is 26.1 Å². The van der Waals surface area contributed by atoms with E-state index < -0.39 is 24.3 Å². The molecule has 0 unspecified atom stereocenters. The molecule has 2 aromatic rings. The van der Waals surface area contributed by atoms with Gasteiger partial charge in [-0.3, -0.25) is 5.43 Å². The highest BCUT2D eigenvalue weighted by molar-refractivity contribution is 5.95. The van der Waals surface area contributed by atoms with Crippen LogP contribution in [0.2, 0.25) is 0 Å². The largest absolute Gasteiger partial charge is 0.497 e. The van der Waals surface area contributed by atoms with E-state index in [0.717, 1.165) is 11.3 Å². The van der Waals surface area contributed by atoms with Crippen molar-refractivity contribution in [3.8, 4) is 17.2 Å². The predicted molar refractivity (Wildman–Crippen MR) is 132 cm³/mol. The first-order chi connectivity index (χ1) is 17.4. The third-order valence-corrected chi connectivity index (χ3v) is 5.23. The smallest absolute Gasteiger partial charge is 0.337 e. The standard InChI is InChI=1S/C25H30N4O7/c1-5-35-20-12-17(23-22(24(31)34-4)15(2)27-25(32)28-23)8-11-19(20)36-14-21(30)29-26-13-16-6-9-18(33-3)10-7-16/h6-13,21,23,29-30H,5,14H2,1-4H3,(H2,27,28,32)/b26-13-/t21-,23-/m0/s1. The van der Waals surface area contributed by atoms with E-state index in [4.69, 9.17) is 18.9 Å². The first kappa shape index (κ1) is 26.4. The zero-order valence-corrected chi connectivity index (χ0v) is 20.5. The van der Waals surface area contributed by atoms with Crippen LogP contribution in [0.15, 0.2) is 58.8 Å². The fourth-order valence-electron chi connectivity index (χ4n) is 3.51. The van der Waals surface area contributed by atoms with Crippen molar-refractivity contribution < 1.29 is 33.6 Å². The highest BCUT2D eigenvalue weighted by Gasteiger charge is 2.32.